The highest BCUT2D eigenvalue weighted by Crippen LogP contribution is 2.35. The SMILES string of the molecule is O=c1[nH]c2cc3c(cc2cc1CN(C[C@@H]1CCCO1)S(=O)(=O)c1ccc(Cl)cc1)OCO3. The average molecular weight is 477 g/mol. The van der Waals surface area contributed by atoms with E-state index in [1.807, 2.05) is 0 Å². The van der Waals surface area contributed by atoms with E-state index in [2.05, 4.69) is 4.98 Å². The number of hydrogen-bond acceptors (Lipinski definition) is 6. The van der Waals surface area contributed by atoms with E-state index in [4.69, 9.17) is 25.8 Å². The topological polar surface area (TPSA) is 97.9 Å². The summed E-state index contributed by atoms with van der Waals surface area (Å²) < 4.78 is 44.6. The predicted molar refractivity (Wildman–Crippen MR) is 119 cm³/mol. The molecule has 2 aliphatic rings. The first-order valence-corrected chi connectivity index (χ1v) is 12.0. The van der Waals surface area contributed by atoms with Crippen LogP contribution in [-0.2, 0) is 21.3 Å². The van der Waals surface area contributed by atoms with E-state index < -0.39 is 10.0 Å². The molecule has 0 aliphatic carbocycles. The molecule has 5 rings (SSSR count). The zero-order valence-electron chi connectivity index (χ0n) is 17.0. The molecule has 0 amide bonds. The Hall–Kier alpha value is -2.59. The van der Waals surface area contributed by atoms with Crippen LogP contribution in [0.15, 0.2) is 52.2 Å². The van der Waals surface area contributed by atoms with E-state index >= 15 is 0 Å². The minimum absolute atomic E-state index is 0.0927. The Morgan fingerprint density at radius 2 is 1.84 bits per heavy atom. The molecule has 0 unspecified atom stereocenters. The van der Waals surface area contributed by atoms with Crippen molar-refractivity contribution in [2.24, 2.45) is 0 Å². The van der Waals surface area contributed by atoms with Crippen molar-refractivity contribution < 1.29 is 22.6 Å². The average Bonchev–Trinajstić information content (AvgIpc) is 3.44. The molecule has 8 nitrogen and oxygen atoms in total. The van der Waals surface area contributed by atoms with Crippen molar-refractivity contribution in [3.63, 3.8) is 0 Å². The second kappa shape index (κ2) is 8.40. The Bertz CT molecular complexity index is 1320. The maximum atomic E-state index is 13.4. The van der Waals surface area contributed by atoms with Gasteiger partial charge in [-0.3, -0.25) is 4.79 Å². The zero-order valence-corrected chi connectivity index (χ0v) is 18.6. The maximum Gasteiger partial charge on any atom is 0.252 e. The van der Waals surface area contributed by atoms with E-state index in [1.54, 1.807) is 18.2 Å². The molecule has 1 N–H and O–H groups in total. The molecule has 32 heavy (non-hydrogen) atoms. The number of aromatic nitrogens is 1. The number of aromatic amines is 1. The highest BCUT2D eigenvalue weighted by Gasteiger charge is 2.30. The van der Waals surface area contributed by atoms with Crippen molar-refractivity contribution in [2.75, 3.05) is 19.9 Å². The summed E-state index contributed by atoms with van der Waals surface area (Å²) in [5.74, 6) is 1.15. The molecule has 168 valence electrons. The summed E-state index contributed by atoms with van der Waals surface area (Å²) in [4.78, 5) is 15.8. The maximum absolute atomic E-state index is 13.4. The van der Waals surface area contributed by atoms with E-state index in [1.165, 1.54) is 28.6 Å². The molecule has 1 saturated heterocycles. The van der Waals surface area contributed by atoms with Crippen molar-refractivity contribution in [3.05, 3.63) is 63.4 Å². The number of H-pyrrole nitrogens is 1. The van der Waals surface area contributed by atoms with Crippen LogP contribution in [0.3, 0.4) is 0 Å². The van der Waals surface area contributed by atoms with Crippen LogP contribution >= 0.6 is 11.6 Å². The van der Waals surface area contributed by atoms with Gasteiger partial charge in [-0.25, -0.2) is 8.42 Å². The summed E-state index contributed by atoms with van der Waals surface area (Å²) in [6.45, 7) is 0.786. The number of ether oxygens (including phenoxy) is 3. The van der Waals surface area contributed by atoms with E-state index in [-0.39, 0.29) is 36.4 Å². The molecular formula is C22H21ClN2O6S. The summed E-state index contributed by atoms with van der Waals surface area (Å²) in [6, 6.07) is 11.2. The lowest BCUT2D eigenvalue weighted by Crippen LogP contribution is -2.38. The Morgan fingerprint density at radius 3 is 2.56 bits per heavy atom. The molecule has 0 spiro atoms. The van der Waals surface area contributed by atoms with Crippen molar-refractivity contribution in [2.45, 2.75) is 30.4 Å². The molecule has 10 heteroatoms. The minimum Gasteiger partial charge on any atom is -0.454 e. The molecule has 1 fully saturated rings. The van der Waals surface area contributed by atoms with Crippen LogP contribution in [0.2, 0.25) is 5.02 Å². The van der Waals surface area contributed by atoms with Gasteiger partial charge in [-0.15, -0.1) is 0 Å². The summed E-state index contributed by atoms with van der Waals surface area (Å²) in [6.07, 6.45) is 1.43. The molecule has 3 heterocycles. The second-order valence-electron chi connectivity index (χ2n) is 7.80. The highest BCUT2D eigenvalue weighted by molar-refractivity contribution is 7.89. The molecule has 3 aromatic rings. The lowest BCUT2D eigenvalue weighted by Gasteiger charge is -2.25. The first-order valence-electron chi connectivity index (χ1n) is 10.2. The Labute approximate surface area is 189 Å². The third-order valence-electron chi connectivity index (χ3n) is 5.64. The van der Waals surface area contributed by atoms with Crippen molar-refractivity contribution in [3.8, 4) is 11.5 Å². The summed E-state index contributed by atoms with van der Waals surface area (Å²) in [5.41, 5.74) is 0.557. The number of sulfonamides is 1. The number of pyridine rings is 1. The molecule has 2 aromatic carbocycles. The third kappa shape index (κ3) is 4.09. The van der Waals surface area contributed by atoms with Crippen LogP contribution in [0.5, 0.6) is 11.5 Å². The summed E-state index contributed by atoms with van der Waals surface area (Å²) >= 11 is 5.93. The number of benzene rings is 2. The van der Waals surface area contributed by atoms with Crippen LogP contribution in [0.25, 0.3) is 10.9 Å². The summed E-state index contributed by atoms with van der Waals surface area (Å²) in [7, 11) is -3.89. The van der Waals surface area contributed by atoms with Gasteiger partial charge in [0.05, 0.1) is 16.5 Å². The number of nitrogens with one attached hydrogen (secondary N) is 1. The van der Waals surface area contributed by atoms with Crippen LogP contribution < -0.4 is 15.0 Å². The van der Waals surface area contributed by atoms with Gasteiger partial charge in [-0.1, -0.05) is 11.6 Å². The molecule has 0 radical (unpaired) electrons. The predicted octanol–water partition coefficient (Wildman–Crippen LogP) is 3.28. The van der Waals surface area contributed by atoms with Gasteiger partial charge in [0.2, 0.25) is 16.8 Å². The molecular weight excluding hydrogens is 456 g/mol. The smallest absolute Gasteiger partial charge is 0.252 e. The van der Waals surface area contributed by atoms with Crippen LogP contribution in [0, 0.1) is 0 Å². The monoisotopic (exact) mass is 476 g/mol. The van der Waals surface area contributed by atoms with Crippen molar-refractivity contribution in [1.82, 2.24) is 9.29 Å². The molecule has 0 saturated carbocycles. The second-order valence-corrected chi connectivity index (χ2v) is 10.2. The lowest BCUT2D eigenvalue weighted by atomic mass is 10.1. The van der Waals surface area contributed by atoms with Crippen molar-refractivity contribution in [1.29, 1.82) is 0 Å². The highest BCUT2D eigenvalue weighted by atomic mass is 35.5. The fourth-order valence-corrected chi connectivity index (χ4v) is 5.54. The number of fused-ring (bicyclic) bond motifs is 2. The number of rotatable bonds is 6. The quantitative estimate of drug-likeness (QED) is 0.586. The zero-order chi connectivity index (χ0) is 22.3. The largest absolute Gasteiger partial charge is 0.454 e. The molecule has 1 atom stereocenters. The Kier molecular flexibility index (Phi) is 5.58. The van der Waals surface area contributed by atoms with E-state index in [0.29, 0.717) is 34.2 Å². The van der Waals surface area contributed by atoms with Gasteiger partial charge in [0.15, 0.2) is 11.5 Å². The van der Waals surface area contributed by atoms with Gasteiger partial charge in [0.1, 0.15) is 0 Å². The fourth-order valence-electron chi connectivity index (χ4n) is 3.97. The van der Waals surface area contributed by atoms with Gasteiger partial charge >= 0.3 is 0 Å². The van der Waals surface area contributed by atoms with Crippen LogP contribution in [-0.4, -0.2) is 43.8 Å². The minimum atomic E-state index is -3.89. The third-order valence-corrected chi connectivity index (χ3v) is 7.72. The number of halogens is 1. The first kappa shape index (κ1) is 21.3. The van der Waals surface area contributed by atoms with Crippen LogP contribution in [0.1, 0.15) is 18.4 Å². The normalized spacial score (nSPS) is 18.0. The van der Waals surface area contributed by atoms with Gasteiger partial charge in [0.25, 0.3) is 5.56 Å². The van der Waals surface area contributed by atoms with Crippen molar-refractivity contribution >= 4 is 32.5 Å². The first-order chi connectivity index (χ1) is 15.4. The Morgan fingerprint density at radius 1 is 1.09 bits per heavy atom. The van der Waals surface area contributed by atoms with Gasteiger partial charge < -0.3 is 19.2 Å². The number of nitrogens with zero attached hydrogens (tertiary/aromatic N) is 1. The summed E-state index contributed by atoms with van der Waals surface area (Å²) in [5, 5.41) is 1.17. The molecule has 2 aliphatic heterocycles. The molecule has 1 aromatic heterocycles. The van der Waals surface area contributed by atoms with Gasteiger partial charge in [0, 0.05) is 41.7 Å². The van der Waals surface area contributed by atoms with E-state index in [0.717, 1.165) is 18.2 Å². The molecule has 0 bridgehead atoms. The fraction of sp³-hybridized carbons (Fsp3) is 0.318. The standard InChI is InChI=1S/C22H21ClN2O6S/c23-16-3-5-18(6-4-16)32(27,28)25(12-17-2-1-7-29-17)11-15-8-14-9-20-21(31-13-30-20)10-19(14)24-22(15)26/h3-6,8-10,17H,1-2,7,11-13H2,(H,24,26)/t17-/m0/s1. The number of hydrogen-bond donors (Lipinski definition) is 1. The van der Waals surface area contributed by atoms with Gasteiger partial charge in [-0.05, 0) is 49.2 Å². The van der Waals surface area contributed by atoms with E-state index in [9.17, 15) is 13.2 Å². The lowest BCUT2D eigenvalue weighted by molar-refractivity contribution is 0.0925. The Balaban J connectivity index is 1.52. The van der Waals surface area contributed by atoms with Crippen LogP contribution in [0.4, 0.5) is 0 Å². The van der Waals surface area contributed by atoms with Gasteiger partial charge in [-0.2, -0.15) is 4.31 Å².